The van der Waals surface area contributed by atoms with Gasteiger partial charge in [-0.1, -0.05) is 18.2 Å². The smallest absolute Gasteiger partial charge is 0.238 e. The summed E-state index contributed by atoms with van der Waals surface area (Å²) < 4.78 is 10.7. The summed E-state index contributed by atoms with van der Waals surface area (Å²) in [6.07, 6.45) is 2.60. The fourth-order valence-corrected chi connectivity index (χ4v) is 3.74. The molecular formula is C22H27N3O3. The average molecular weight is 381 g/mol. The van der Waals surface area contributed by atoms with E-state index >= 15 is 0 Å². The molecule has 0 aromatic heterocycles. The molecule has 1 N–H and O–H groups in total. The minimum Gasteiger partial charge on any atom is -0.454 e. The number of carbonyl (C=O) groups is 1. The van der Waals surface area contributed by atoms with Gasteiger partial charge in [-0.05, 0) is 68.4 Å². The number of nitrogens with one attached hydrogen (secondary N) is 1. The van der Waals surface area contributed by atoms with Gasteiger partial charge in [-0.3, -0.25) is 14.6 Å². The SMILES string of the molecule is CN(CC(=O)Nc1ccc(CN2CCCC2)cc1)Cc1ccc2c(c1)OCO2. The topological polar surface area (TPSA) is 54.0 Å². The highest BCUT2D eigenvalue weighted by molar-refractivity contribution is 5.92. The summed E-state index contributed by atoms with van der Waals surface area (Å²) >= 11 is 0. The molecule has 0 bridgehead atoms. The Kier molecular flexibility index (Phi) is 5.78. The molecule has 2 aliphatic heterocycles. The second kappa shape index (κ2) is 8.63. The Morgan fingerprint density at radius 3 is 2.54 bits per heavy atom. The summed E-state index contributed by atoms with van der Waals surface area (Å²) in [4.78, 5) is 16.8. The fourth-order valence-electron chi connectivity index (χ4n) is 3.74. The average Bonchev–Trinajstić information content (AvgIpc) is 3.34. The van der Waals surface area contributed by atoms with Crippen LogP contribution in [0.15, 0.2) is 42.5 Å². The molecule has 148 valence electrons. The first-order valence-corrected chi connectivity index (χ1v) is 9.84. The van der Waals surface area contributed by atoms with Crippen LogP contribution in [0.2, 0.25) is 0 Å². The third-order valence-corrected chi connectivity index (χ3v) is 5.15. The van der Waals surface area contributed by atoms with E-state index in [-0.39, 0.29) is 12.7 Å². The molecule has 0 atom stereocenters. The standard InChI is InChI=1S/C22H27N3O3/c1-24(13-18-6-9-20-21(12-18)28-16-27-20)15-22(26)23-19-7-4-17(5-8-19)14-25-10-2-3-11-25/h4-9,12H,2-3,10-11,13-16H2,1H3,(H,23,26). The zero-order valence-electron chi connectivity index (χ0n) is 16.3. The van der Waals surface area contributed by atoms with Gasteiger partial charge in [0.25, 0.3) is 0 Å². The fraction of sp³-hybridized carbons (Fsp3) is 0.409. The zero-order valence-corrected chi connectivity index (χ0v) is 16.3. The highest BCUT2D eigenvalue weighted by Crippen LogP contribution is 2.32. The van der Waals surface area contributed by atoms with Crippen molar-refractivity contribution in [3.05, 3.63) is 53.6 Å². The van der Waals surface area contributed by atoms with Crippen LogP contribution in [0, 0.1) is 0 Å². The number of benzene rings is 2. The molecule has 2 aliphatic rings. The maximum absolute atomic E-state index is 12.4. The number of nitrogens with zero attached hydrogens (tertiary/aromatic N) is 2. The summed E-state index contributed by atoms with van der Waals surface area (Å²) in [5.74, 6) is 1.53. The Morgan fingerprint density at radius 1 is 1.04 bits per heavy atom. The van der Waals surface area contributed by atoms with Gasteiger partial charge in [-0.15, -0.1) is 0 Å². The second-order valence-corrected chi connectivity index (χ2v) is 7.59. The molecular weight excluding hydrogens is 354 g/mol. The van der Waals surface area contributed by atoms with E-state index in [0.29, 0.717) is 13.1 Å². The van der Waals surface area contributed by atoms with Crippen LogP contribution in [-0.2, 0) is 17.9 Å². The Balaban J connectivity index is 1.25. The number of amides is 1. The van der Waals surface area contributed by atoms with Crippen molar-refractivity contribution in [3.8, 4) is 11.5 Å². The van der Waals surface area contributed by atoms with Gasteiger partial charge in [0.2, 0.25) is 12.7 Å². The molecule has 4 rings (SSSR count). The van der Waals surface area contributed by atoms with Crippen LogP contribution in [0.4, 0.5) is 5.69 Å². The Labute approximate surface area is 166 Å². The second-order valence-electron chi connectivity index (χ2n) is 7.59. The molecule has 0 saturated carbocycles. The molecule has 0 unspecified atom stereocenters. The van der Waals surface area contributed by atoms with Crippen molar-refractivity contribution in [2.45, 2.75) is 25.9 Å². The van der Waals surface area contributed by atoms with Crippen molar-refractivity contribution < 1.29 is 14.3 Å². The number of likely N-dealkylation sites (N-methyl/N-ethyl adjacent to an activating group) is 1. The lowest BCUT2D eigenvalue weighted by Crippen LogP contribution is -2.29. The number of fused-ring (bicyclic) bond motifs is 1. The quantitative estimate of drug-likeness (QED) is 0.799. The molecule has 1 fully saturated rings. The normalized spacial score (nSPS) is 15.9. The van der Waals surface area contributed by atoms with Crippen LogP contribution in [-0.4, -0.2) is 49.2 Å². The van der Waals surface area contributed by atoms with Crippen LogP contribution < -0.4 is 14.8 Å². The number of likely N-dealkylation sites (tertiary alicyclic amines) is 1. The lowest BCUT2D eigenvalue weighted by Gasteiger charge is -2.17. The van der Waals surface area contributed by atoms with Gasteiger partial charge in [0.1, 0.15) is 0 Å². The van der Waals surface area contributed by atoms with Crippen LogP contribution in [0.1, 0.15) is 24.0 Å². The van der Waals surface area contributed by atoms with E-state index in [0.717, 1.165) is 29.3 Å². The molecule has 28 heavy (non-hydrogen) atoms. The first-order chi connectivity index (χ1) is 13.7. The van der Waals surface area contributed by atoms with E-state index in [1.807, 2.05) is 42.3 Å². The predicted octanol–water partition coefficient (Wildman–Crippen LogP) is 3.08. The Bertz CT molecular complexity index is 816. The first kappa shape index (κ1) is 18.8. The van der Waals surface area contributed by atoms with Crippen molar-refractivity contribution in [2.24, 2.45) is 0 Å². The Morgan fingerprint density at radius 2 is 1.75 bits per heavy atom. The predicted molar refractivity (Wildman–Crippen MR) is 108 cm³/mol. The molecule has 0 aliphatic carbocycles. The molecule has 0 radical (unpaired) electrons. The van der Waals surface area contributed by atoms with Gasteiger partial charge in [-0.2, -0.15) is 0 Å². The minimum atomic E-state index is -0.0180. The van der Waals surface area contributed by atoms with E-state index in [1.165, 1.54) is 31.5 Å². The summed E-state index contributed by atoms with van der Waals surface area (Å²) in [5.41, 5.74) is 3.22. The van der Waals surface area contributed by atoms with Crippen molar-refractivity contribution in [1.82, 2.24) is 9.80 Å². The van der Waals surface area contributed by atoms with Crippen molar-refractivity contribution >= 4 is 11.6 Å². The van der Waals surface area contributed by atoms with E-state index in [1.54, 1.807) is 0 Å². The van der Waals surface area contributed by atoms with Gasteiger partial charge in [0, 0.05) is 18.8 Å². The zero-order chi connectivity index (χ0) is 19.3. The highest BCUT2D eigenvalue weighted by Gasteiger charge is 2.15. The summed E-state index contributed by atoms with van der Waals surface area (Å²) in [7, 11) is 1.93. The lowest BCUT2D eigenvalue weighted by atomic mass is 10.2. The monoisotopic (exact) mass is 381 g/mol. The van der Waals surface area contributed by atoms with Crippen LogP contribution in [0.5, 0.6) is 11.5 Å². The molecule has 6 heteroatoms. The molecule has 1 saturated heterocycles. The number of ether oxygens (including phenoxy) is 2. The first-order valence-electron chi connectivity index (χ1n) is 9.84. The van der Waals surface area contributed by atoms with Crippen molar-refractivity contribution in [1.29, 1.82) is 0 Å². The molecule has 0 spiro atoms. The molecule has 2 aromatic carbocycles. The number of anilines is 1. The Hall–Kier alpha value is -2.57. The van der Waals surface area contributed by atoms with Gasteiger partial charge in [-0.25, -0.2) is 0 Å². The minimum absolute atomic E-state index is 0.0180. The largest absolute Gasteiger partial charge is 0.454 e. The number of carbonyl (C=O) groups excluding carboxylic acids is 1. The van der Waals surface area contributed by atoms with Gasteiger partial charge < -0.3 is 14.8 Å². The van der Waals surface area contributed by atoms with E-state index in [4.69, 9.17) is 9.47 Å². The summed E-state index contributed by atoms with van der Waals surface area (Å²) in [6.45, 7) is 4.63. The van der Waals surface area contributed by atoms with E-state index in [2.05, 4.69) is 22.3 Å². The van der Waals surface area contributed by atoms with Crippen molar-refractivity contribution in [3.63, 3.8) is 0 Å². The molecule has 2 heterocycles. The lowest BCUT2D eigenvalue weighted by molar-refractivity contribution is -0.117. The van der Waals surface area contributed by atoms with Crippen LogP contribution >= 0.6 is 0 Å². The van der Waals surface area contributed by atoms with Gasteiger partial charge in [0.15, 0.2) is 11.5 Å². The maximum atomic E-state index is 12.4. The molecule has 6 nitrogen and oxygen atoms in total. The van der Waals surface area contributed by atoms with Crippen LogP contribution in [0.25, 0.3) is 0 Å². The van der Waals surface area contributed by atoms with Crippen molar-refractivity contribution in [2.75, 3.05) is 38.8 Å². The van der Waals surface area contributed by atoms with Gasteiger partial charge in [0.05, 0.1) is 6.54 Å². The summed E-state index contributed by atoms with van der Waals surface area (Å²) in [6, 6.07) is 14.1. The number of hydrogen-bond acceptors (Lipinski definition) is 5. The highest BCUT2D eigenvalue weighted by atomic mass is 16.7. The van der Waals surface area contributed by atoms with Gasteiger partial charge >= 0.3 is 0 Å². The van der Waals surface area contributed by atoms with E-state index in [9.17, 15) is 4.79 Å². The maximum Gasteiger partial charge on any atom is 0.238 e. The third-order valence-electron chi connectivity index (χ3n) is 5.15. The molecule has 1 amide bonds. The molecule has 2 aromatic rings. The summed E-state index contributed by atoms with van der Waals surface area (Å²) in [5, 5.41) is 2.98. The van der Waals surface area contributed by atoms with E-state index < -0.39 is 0 Å². The number of rotatable bonds is 7. The van der Waals surface area contributed by atoms with Crippen LogP contribution in [0.3, 0.4) is 0 Å². The third kappa shape index (κ3) is 4.82. The number of hydrogen-bond donors (Lipinski definition) is 1.